The molecule has 1 aromatic rings. The number of hydrogen-bond acceptors (Lipinski definition) is 3. The van der Waals surface area contributed by atoms with Crippen molar-refractivity contribution in [2.75, 3.05) is 0 Å². The Labute approximate surface area is 78.3 Å². The molecule has 0 aliphatic rings. The van der Waals surface area contributed by atoms with E-state index in [1.54, 1.807) is 17.4 Å². The Morgan fingerprint density at radius 3 is 3.09 bits per heavy atom. The van der Waals surface area contributed by atoms with Gasteiger partial charge in [-0.1, -0.05) is 6.08 Å². The van der Waals surface area contributed by atoms with Crippen LogP contribution in [0.3, 0.4) is 0 Å². The molecule has 0 fully saturated rings. The van der Waals surface area contributed by atoms with Gasteiger partial charge in [-0.25, -0.2) is 4.98 Å². The van der Waals surface area contributed by atoms with Gasteiger partial charge in [0.05, 0.1) is 5.01 Å². The third-order valence-corrected chi connectivity index (χ3v) is 2.82. The van der Waals surface area contributed by atoms with Gasteiger partial charge in [-0.15, -0.1) is 17.9 Å². The quantitative estimate of drug-likeness (QED) is 0.810. The number of halogens is 1. The van der Waals surface area contributed by atoms with E-state index in [1.165, 1.54) is 0 Å². The maximum Gasteiger partial charge on any atom is 0.117 e. The predicted molar refractivity (Wildman–Crippen MR) is 51.7 cm³/mol. The molecule has 11 heavy (non-hydrogen) atoms. The number of hydrogen-bond donors (Lipinski definition) is 1. The maximum absolute atomic E-state index is 5.65. The summed E-state index contributed by atoms with van der Waals surface area (Å²) in [6.45, 7) is 3.60. The molecule has 1 aromatic heterocycles. The van der Waals surface area contributed by atoms with Crippen molar-refractivity contribution in [2.24, 2.45) is 5.73 Å². The number of aromatic nitrogens is 1. The molecule has 2 nitrogen and oxygen atoms in total. The fourth-order valence-electron chi connectivity index (χ4n) is 0.667. The average Bonchev–Trinajstić information content (AvgIpc) is 2.35. The molecule has 0 bridgehead atoms. The van der Waals surface area contributed by atoms with E-state index < -0.39 is 0 Å². The largest absolute Gasteiger partial charge is 0.324 e. The van der Waals surface area contributed by atoms with Crippen LogP contribution in [-0.4, -0.2) is 11.0 Å². The summed E-state index contributed by atoms with van der Waals surface area (Å²) < 4.78 is 0.883. The van der Waals surface area contributed by atoms with Crippen molar-refractivity contribution in [2.45, 2.75) is 12.5 Å². The van der Waals surface area contributed by atoms with Crippen LogP contribution in [0, 0.1) is 0 Å². The van der Waals surface area contributed by atoms with E-state index in [2.05, 4.69) is 27.5 Å². The van der Waals surface area contributed by atoms with Gasteiger partial charge in [0, 0.05) is 17.8 Å². The van der Waals surface area contributed by atoms with E-state index in [1.807, 2.05) is 5.38 Å². The summed E-state index contributed by atoms with van der Waals surface area (Å²) in [5.74, 6) is 0. The SMILES string of the molecule is C=CC(N)Cc1nc(Br)cs1. The molecule has 1 unspecified atom stereocenters. The Bertz CT molecular complexity index is 246. The molecule has 0 saturated heterocycles. The van der Waals surface area contributed by atoms with Gasteiger partial charge in [-0.2, -0.15) is 0 Å². The van der Waals surface area contributed by atoms with Crippen molar-refractivity contribution in [3.05, 3.63) is 27.6 Å². The number of rotatable bonds is 3. The lowest BCUT2D eigenvalue weighted by Gasteiger charge is -2.00. The second-order valence-electron chi connectivity index (χ2n) is 2.17. The van der Waals surface area contributed by atoms with Crippen LogP contribution in [0.5, 0.6) is 0 Å². The first-order valence-electron chi connectivity index (χ1n) is 3.20. The van der Waals surface area contributed by atoms with Crippen LogP contribution in [0.15, 0.2) is 22.6 Å². The van der Waals surface area contributed by atoms with Crippen molar-refractivity contribution >= 4 is 27.3 Å². The molecule has 2 N–H and O–H groups in total. The Morgan fingerprint density at radius 1 is 1.91 bits per heavy atom. The lowest BCUT2D eigenvalue weighted by atomic mass is 10.2. The van der Waals surface area contributed by atoms with E-state index in [-0.39, 0.29) is 6.04 Å². The van der Waals surface area contributed by atoms with Crippen molar-refractivity contribution in [1.29, 1.82) is 0 Å². The van der Waals surface area contributed by atoms with Crippen LogP contribution >= 0.6 is 27.3 Å². The summed E-state index contributed by atoms with van der Waals surface area (Å²) >= 11 is 4.88. The molecule has 0 radical (unpaired) electrons. The van der Waals surface area contributed by atoms with Gasteiger partial charge in [0.2, 0.25) is 0 Å². The van der Waals surface area contributed by atoms with Crippen molar-refractivity contribution in [3.8, 4) is 0 Å². The zero-order valence-electron chi connectivity index (χ0n) is 5.96. The molecule has 0 aliphatic heterocycles. The molecule has 0 aromatic carbocycles. The van der Waals surface area contributed by atoms with Crippen LogP contribution in [-0.2, 0) is 6.42 Å². The standard InChI is InChI=1S/C7H9BrN2S/c1-2-5(9)3-7-10-6(8)4-11-7/h2,4-5H,1,3,9H2. The van der Waals surface area contributed by atoms with Crippen LogP contribution < -0.4 is 5.73 Å². The molecule has 1 heterocycles. The predicted octanol–water partition coefficient (Wildman–Crippen LogP) is 1.96. The van der Waals surface area contributed by atoms with Gasteiger partial charge in [-0.05, 0) is 15.9 Å². The highest BCUT2D eigenvalue weighted by Gasteiger charge is 2.02. The maximum atomic E-state index is 5.65. The first-order valence-corrected chi connectivity index (χ1v) is 4.87. The van der Waals surface area contributed by atoms with Crippen LogP contribution in [0.2, 0.25) is 0 Å². The average molecular weight is 233 g/mol. The summed E-state index contributed by atoms with van der Waals surface area (Å²) in [5.41, 5.74) is 5.65. The Balaban J connectivity index is 2.57. The molecular formula is C7H9BrN2S. The van der Waals surface area contributed by atoms with Crippen molar-refractivity contribution in [3.63, 3.8) is 0 Å². The van der Waals surface area contributed by atoms with Gasteiger partial charge in [0.25, 0.3) is 0 Å². The fourth-order valence-corrected chi connectivity index (χ4v) is 2.00. The highest BCUT2D eigenvalue weighted by Crippen LogP contribution is 2.15. The monoisotopic (exact) mass is 232 g/mol. The van der Waals surface area contributed by atoms with E-state index >= 15 is 0 Å². The van der Waals surface area contributed by atoms with Crippen molar-refractivity contribution in [1.82, 2.24) is 4.98 Å². The topological polar surface area (TPSA) is 38.9 Å². The lowest BCUT2D eigenvalue weighted by molar-refractivity contribution is 0.804. The van der Waals surface area contributed by atoms with Crippen molar-refractivity contribution < 1.29 is 0 Å². The second kappa shape index (κ2) is 3.99. The van der Waals surface area contributed by atoms with E-state index in [9.17, 15) is 0 Å². The molecule has 1 rings (SSSR count). The molecule has 1 atom stereocenters. The highest BCUT2D eigenvalue weighted by molar-refractivity contribution is 9.10. The minimum atomic E-state index is 0.0213. The Hall–Kier alpha value is -0.190. The first kappa shape index (κ1) is 8.90. The Kier molecular flexibility index (Phi) is 3.23. The summed E-state index contributed by atoms with van der Waals surface area (Å²) in [6.07, 6.45) is 2.51. The summed E-state index contributed by atoms with van der Waals surface area (Å²) in [6, 6.07) is 0.0213. The third-order valence-electron chi connectivity index (χ3n) is 1.24. The van der Waals surface area contributed by atoms with E-state index in [0.717, 1.165) is 16.0 Å². The highest BCUT2D eigenvalue weighted by atomic mass is 79.9. The number of nitrogens with zero attached hydrogens (tertiary/aromatic N) is 1. The summed E-state index contributed by atoms with van der Waals surface area (Å²) in [4.78, 5) is 4.21. The van der Waals surface area contributed by atoms with Crippen LogP contribution in [0.1, 0.15) is 5.01 Å². The molecule has 60 valence electrons. The minimum absolute atomic E-state index is 0.0213. The van der Waals surface area contributed by atoms with Crippen LogP contribution in [0.25, 0.3) is 0 Å². The molecule has 0 amide bonds. The first-order chi connectivity index (χ1) is 5.22. The van der Waals surface area contributed by atoms with Gasteiger partial charge in [0.1, 0.15) is 4.60 Å². The van der Waals surface area contributed by atoms with Gasteiger partial charge in [0.15, 0.2) is 0 Å². The molecular weight excluding hydrogens is 224 g/mol. The number of thiazole rings is 1. The van der Waals surface area contributed by atoms with Gasteiger partial charge in [-0.3, -0.25) is 0 Å². The lowest BCUT2D eigenvalue weighted by Crippen LogP contribution is -2.19. The molecule has 0 saturated carbocycles. The summed E-state index contributed by atoms with van der Waals surface area (Å²) in [7, 11) is 0. The minimum Gasteiger partial charge on any atom is -0.324 e. The van der Waals surface area contributed by atoms with Crippen LogP contribution in [0.4, 0.5) is 0 Å². The normalized spacial score (nSPS) is 12.9. The zero-order chi connectivity index (χ0) is 8.27. The fraction of sp³-hybridized carbons (Fsp3) is 0.286. The molecule has 0 aliphatic carbocycles. The van der Waals surface area contributed by atoms with E-state index in [0.29, 0.717) is 0 Å². The summed E-state index contributed by atoms with van der Waals surface area (Å²) in [5, 5.41) is 3.00. The number of nitrogens with two attached hydrogens (primary N) is 1. The third kappa shape index (κ3) is 2.73. The van der Waals surface area contributed by atoms with Gasteiger partial charge >= 0.3 is 0 Å². The Morgan fingerprint density at radius 2 is 2.64 bits per heavy atom. The second-order valence-corrected chi connectivity index (χ2v) is 3.92. The smallest absolute Gasteiger partial charge is 0.117 e. The molecule has 0 spiro atoms. The van der Waals surface area contributed by atoms with Gasteiger partial charge < -0.3 is 5.73 Å². The van der Waals surface area contributed by atoms with E-state index in [4.69, 9.17) is 5.73 Å². The molecule has 4 heteroatoms. The zero-order valence-corrected chi connectivity index (χ0v) is 8.36.